The van der Waals surface area contributed by atoms with Crippen molar-refractivity contribution >= 4 is 5.69 Å². The number of benzene rings is 1. The Balaban J connectivity index is 2.76. The molecule has 0 unspecified atom stereocenters. The summed E-state index contributed by atoms with van der Waals surface area (Å²) in [5.41, 5.74) is 0.647. The maximum absolute atomic E-state index is 6.70. The molecule has 0 amide bonds. The summed E-state index contributed by atoms with van der Waals surface area (Å²) in [6.07, 6.45) is 0. The molecule has 11 heavy (non-hydrogen) atoms. The van der Waals surface area contributed by atoms with Gasteiger partial charge in [0, 0.05) is 0 Å². The van der Waals surface area contributed by atoms with Crippen LogP contribution in [0.15, 0.2) is 24.3 Å². The summed E-state index contributed by atoms with van der Waals surface area (Å²) in [6.45, 7) is 9.30. The molecule has 0 radical (unpaired) electrons. The van der Waals surface area contributed by atoms with Gasteiger partial charge >= 0.3 is 0 Å². The monoisotopic (exact) mass is 147 g/mol. The summed E-state index contributed by atoms with van der Waals surface area (Å²) in [5, 5.41) is 0. The Morgan fingerprint density at radius 1 is 1.36 bits per heavy atom. The van der Waals surface area contributed by atoms with E-state index in [1.807, 2.05) is 6.92 Å². The molecular weight excluding hydrogens is 138 g/mol. The fourth-order valence-corrected chi connectivity index (χ4v) is 0.784. The van der Waals surface area contributed by atoms with E-state index in [0.717, 1.165) is 5.75 Å². The highest BCUT2D eigenvalue weighted by Gasteiger charge is 1.91. The van der Waals surface area contributed by atoms with Crippen molar-refractivity contribution in [1.29, 1.82) is 0 Å². The van der Waals surface area contributed by atoms with Crippen molar-refractivity contribution in [3.05, 3.63) is 35.7 Å². The molecule has 0 aliphatic carbocycles. The van der Waals surface area contributed by atoms with Gasteiger partial charge in [0.25, 0.3) is 0 Å². The van der Waals surface area contributed by atoms with Crippen LogP contribution in [0.2, 0.25) is 0 Å². The van der Waals surface area contributed by atoms with Gasteiger partial charge in [-0.05, 0) is 19.1 Å². The SMILES string of the molecule is [C-]#[N+]c1ccc(OCC)cc1. The molecule has 0 saturated heterocycles. The quantitative estimate of drug-likeness (QED) is 0.586. The molecular formula is C9H9NO. The van der Waals surface area contributed by atoms with Gasteiger partial charge in [-0.1, -0.05) is 12.1 Å². The lowest BCUT2D eigenvalue weighted by molar-refractivity contribution is 0.340. The molecule has 1 aromatic rings. The van der Waals surface area contributed by atoms with Crippen molar-refractivity contribution in [3.8, 4) is 5.75 Å². The number of hydrogen-bond donors (Lipinski definition) is 0. The average Bonchev–Trinajstić information content (AvgIpc) is 2.07. The molecule has 2 heteroatoms. The van der Waals surface area contributed by atoms with Crippen molar-refractivity contribution in [2.45, 2.75) is 6.92 Å². The zero-order valence-electron chi connectivity index (χ0n) is 6.37. The second-order valence-corrected chi connectivity index (χ2v) is 2.04. The van der Waals surface area contributed by atoms with Crippen molar-refractivity contribution < 1.29 is 4.74 Å². The third-order valence-electron chi connectivity index (χ3n) is 1.28. The van der Waals surface area contributed by atoms with Gasteiger partial charge in [0.15, 0.2) is 5.69 Å². The molecule has 56 valence electrons. The Bertz CT molecular complexity index is 258. The van der Waals surface area contributed by atoms with Crippen molar-refractivity contribution in [1.82, 2.24) is 0 Å². The minimum atomic E-state index is 0.647. The minimum absolute atomic E-state index is 0.647. The van der Waals surface area contributed by atoms with Crippen LogP contribution in [0.5, 0.6) is 5.75 Å². The van der Waals surface area contributed by atoms with Crippen LogP contribution in [0.25, 0.3) is 4.85 Å². The highest BCUT2D eigenvalue weighted by molar-refractivity contribution is 5.46. The summed E-state index contributed by atoms with van der Waals surface area (Å²) in [7, 11) is 0. The van der Waals surface area contributed by atoms with Crippen LogP contribution in [0.4, 0.5) is 5.69 Å². The Labute approximate surface area is 66.2 Å². The van der Waals surface area contributed by atoms with Crippen LogP contribution in [0, 0.1) is 6.57 Å². The molecule has 0 aliphatic heterocycles. The second-order valence-electron chi connectivity index (χ2n) is 2.04. The summed E-state index contributed by atoms with van der Waals surface area (Å²) < 4.78 is 5.20. The van der Waals surface area contributed by atoms with Crippen LogP contribution in [-0.4, -0.2) is 6.61 Å². The average molecular weight is 147 g/mol. The first-order valence-corrected chi connectivity index (χ1v) is 3.47. The number of rotatable bonds is 2. The minimum Gasteiger partial charge on any atom is -0.494 e. The lowest BCUT2D eigenvalue weighted by atomic mass is 10.3. The first-order valence-electron chi connectivity index (χ1n) is 3.47. The van der Waals surface area contributed by atoms with E-state index in [4.69, 9.17) is 11.3 Å². The Morgan fingerprint density at radius 2 is 2.00 bits per heavy atom. The first kappa shape index (κ1) is 7.62. The third kappa shape index (κ3) is 1.98. The van der Waals surface area contributed by atoms with Gasteiger partial charge in [-0.3, -0.25) is 0 Å². The summed E-state index contributed by atoms with van der Waals surface area (Å²) in [5.74, 6) is 0.819. The smallest absolute Gasteiger partial charge is 0.187 e. The Hall–Kier alpha value is -1.49. The second kappa shape index (κ2) is 3.62. The highest BCUT2D eigenvalue weighted by Crippen LogP contribution is 2.17. The molecule has 0 fully saturated rings. The lowest BCUT2D eigenvalue weighted by Crippen LogP contribution is -1.89. The zero-order chi connectivity index (χ0) is 8.10. The maximum atomic E-state index is 6.70. The normalized spacial score (nSPS) is 8.73. The standard InChI is InChI=1S/C9H9NO/c1-3-11-9-6-4-8(10-2)5-7-9/h4-7H,3H2,1H3. The predicted molar refractivity (Wildman–Crippen MR) is 43.9 cm³/mol. The third-order valence-corrected chi connectivity index (χ3v) is 1.28. The zero-order valence-corrected chi connectivity index (χ0v) is 6.37. The van der Waals surface area contributed by atoms with Crippen LogP contribution in [-0.2, 0) is 0 Å². The molecule has 0 aliphatic rings. The molecule has 0 aromatic heterocycles. The predicted octanol–water partition coefficient (Wildman–Crippen LogP) is 2.64. The van der Waals surface area contributed by atoms with Crippen LogP contribution in [0.3, 0.4) is 0 Å². The van der Waals surface area contributed by atoms with Crippen molar-refractivity contribution in [2.24, 2.45) is 0 Å². The van der Waals surface area contributed by atoms with Crippen molar-refractivity contribution in [3.63, 3.8) is 0 Å². The summed E-state index contributed by atoms with van der Waals surface area (Å²) in [6, 6.07) is 7.10. The molecule has 1 aromatic carbocycles. The number of ether oxygens (including phenoxy) is 1. The van der Waals surface area contributed by atoms with Crippen LogP contribution in [0.1, 0.15) is 6.92 Å². The number of hydrogen-bond acceptors (Lipinski definition) is 1. The molecule has 2 nitrogen and oxygen atoms in total. The fraction of sp³-hybridized carbons (Fsp3) is 0.222. The van der Waals surface area contributed by atoms with E-state index in [9.17, 15) is 0 Å². The van der Waals surface area contributed by atoms with E-state index < -0.39 is 0 Å². The van der Waals surface area contributed by atoms with Crippen LogP contribution < -0.4 is 4.74 Å². The maximum Gasteiger partial charge on any atom is 0.187 e. The van der Waals surface area contributed by atoms with E-state index in [-0.39, 0.29) is 0 Å². The molecule has 0 saturated carbocycles. The Kier molecular flexibility index (Phi) is 2.51. The van der Waals surface area contributed by atoms with Gasteiger partial charge in [-0.2, -0.15) is 0 Å². The summed E-state index contributed by atoms with van der Waals surface area (Å²) >= 11 is 0. The number of nitrogens with zero attached hydrogens (tertiary/aromatic N) is 1. The molecule has 0 heterocycles. The van der Waals surface area contributed by atoms with Gasteiger partial charge in [0.2, 0.25) is 0 Å². The topological polar surface area (TPSA) is 13.6 Å². The van der Waals surface area contributed by atoms with Crippen LogP contribution >= 0.6 is 0 Å². The Morgan fingerprint density at radius 3 is 2.45 bits per heavy atom. The van der Waals surface area contributed by atoms with E-state index in [1.165, 1.54) is 0 Å². The lowest BCUT2D eigenvalue weighted by Gasteiger charge is -2.00. The molecule has 1 rings (SSSR count). The summed E-state index contributed by atoms with van der Waals surface area (Å²) in [4.78, 5) is 3.27. The first-order chi connectivity index (χ1) is 5.36. The molecule has 0 bridgehead atoms. The van der Waals surface area contributed by atoms with E-state index in [2.05, 4.69) is 4.85 Å². The molecule has 0 N–H and O–H groups in total. The van der Waals surface area contributed by atoms with E-state index in [1.54, 1.807) is 24.3 Å². The largest absolute Gasteiger partial charge is 0.494 e. The van der Waals surface area contributed by atoms with Gasteiger partial charge < -0.3 is 4.74 Å². The van der Waals surface area contributed by atoms with Gasteiger partial charge in [0.05, 0.1) is 13.2 Å². The molecule has 0 atom stereocenters. The van der Waals surface area contributed by atoms with Crippen molar-refractivity contribution in [2.75, 3.05) is 6.61 Å². The molecule has 0 spiro atoms. The van der Waals surface area contributed by atoms with Gasteiger partial charge in [-0.25, -0.2) is 4.85 Å². The van der Waals surface area contributed by atoms with E-state index in [0.29, 0.717) is 12.3 Å². The highest BCUT2D eigenvalue weighted by atomic mass is 16.5. The van der Waals surface area contributed by atoms with E-state index >= 15 is 0 Å². The van der Waals surface area contributed by atoms with Gasteiger partial charge in [0.1, 0.15) is 5.75 Å². The van der Waals surface area contributed by atoms with Gasteiger partial charge in [-0.15, -0.1) is 0 Å². The fourth-order valence-electron chi connectivity index (χ4n) is 0.784.